The summed E-state index contributed by atoms with van der Waals surface area (Å²) in [6.07, 6.45) is 0. The molecule has 25 heavy (non-hydrogen) atoms. The number of aryl methyl sites for hydroxylation is 1. The third-order valence-corrected chi connectivity index (χ3v) is 5.52. The van der Waals surface area contributed by atoms with Crippen LogP contribution in [-0.4, -0.2) is 14.5 Å². The first-order valence-electron chi connectivity index (χ1n) is 7.63. The maximum Gasteiger partial charge on any atom is 0.266 e. The molecule has 0 amide bonds. The highest BCUT2D eigenvalue weighted by molar-refractivity contribution is 7.81. The summed E-state index contributed by atoms with van der Waals surface area (Å²) in [5, 5.41) is 1.85. The second-order valence-electron chi connectivity index (χ2n) is 5.66. The predicted molar refractivity (Wildman–Crippen MR) is 104 cm³/mol. The number of rotatable bonds is 5. The minimum atomic E-state index is -2.17. The van der Waals surface area contributed by atoms with Crippen molar-refractivity contribution in [2.24, 2.45) is 0 Å². The first-order valence-corrected chi connectivity index (χ1v) is 9.58. The number of nitrogens with zero attached hydrogens (tertiary/aromatic N) is 1. The minimum Gasteiger partial charge on any atom is -0.295 e. The number of carbonyl (C=O) groups excluding carboxylic acids is 1. The number of anilines is 2. The highest BCUT2D eigenvalue weighted by Crippen LogP contribution is 2.36. The Morgan fingerprint density at radius 1 is 1.04 bits per heavy atom. The van der Waals surface area contributed by atoms with Crippen molar-refractivity contribution in [3.05, 3.63) is 71.1 Å². The monoisotopic (exact) mass is 371 g/mol. The highest BCUT2D eigenvalue weighted by Gasteiger charge is 2.17. The lowest BCUT2D eigenvalue weighted by molar-refractivity contribution is 0.101. The molecule has 0 bridgehead atoms. The molecule has 1 N–H and O–H groups in total. The fourth-order valence-corrected chi connectivity index (χ4v) is 4.00. The van der Waals surface area contributed by atoms with Gasteiger partial charge in [0.05, 0.1) is 11.4 Å². The molecule has 1 heterocycles. The molecule has 0 saturated heterocycles. The summed E-state index contributed by atoms with van der Waals surface area (Å²) in [6.45, 7) is 3.51. The molecule has 3 rings (SSSR count). The van der Waals surface area contributed by atoms with Gasteiger partial charge in [-0.15, -0.1) is 11.3 Å². The van der Waals surface area contributed by atoms with Gasteiger partial charge in [0.1, 0.15) is 0 Å². The van der Waals surface area contributed by atoms with Crippen LogP contribution in [0.5, 0.6) is 0 Å². The van der Waals surface area contributed by atoms with Crippen molar-refractivity contribution < 1.29 is 13.6 Å². The van der Waals surface area contributed by atoms with Crippen molar-refractivity contribution in [3.63, 3.8) is 0 Å². The lowest BCUT2D eigenvalue weighted by Gasteiger charge is -2.18. The van der Waals surface area contributed by atoms with Gasteiger partial charge in [-0.05, 0) is 37.6 Å². The van der Waals surface area contributed by atoms with Gasteiger partial charge in [-0.25, -0.2) is 8.51 Å². The molecule has 6 heteroatoms. The smallest absolute Gasteiger partial charge is 0.266 e. The molecule has 0 radical (unpaired) electrons. The second-order valence-corrected chi connectivity index (χ2v) is 7.40. The van der Waals surface area contributed by atoms with E-state index in [2.05, 4.69) is 0 Å². The zero-order chi connectivity index (χ0) is 18.0. The third-order valence-electron chi connectivity index (χ3n) is 3.82. The average Bonchev–Trinajstić information content (AvgIpc) is 3.06. The molecular formula is C19H17NO3S2. The molecule has 0 fully saturated rings. The summed E-state index contributed by atoms with van der Waals surface area (Å²) in [4.78, 5) is 12.3. The molecule has 1 aromatic heterocycles. The van der Waals surface area contributed by atoms with Crippen LogP contribution in [0.25, 0.3) is 10.4 Å². The fraction of sp³-hybridized carbons (Fsp3) is 0.105. The first kappa shape index (κ1) is 17.5. The van der Waals surface area contributed by atoms with E-state index < -0.39 is 11.3 Å². The average molecular weight is 371 g/mol. The van der Waals surface area contributed by atoms with Gasteiger partial charge in [-0.3, -0.25) is 9.35 Å². The van der Waals surface area contributed by atoms with Gasteiger partial charge in [0.2, 0.25) is 0 Å². The van der Waals surface area contributed by atoms with E-state index in [4.69, 9.17) is 0 Å². The van der Waals surface area contributed by atoms with Crippen LogP contribution >= 0.6 is 11.3 Å². The molecular weight excluding hydrogens is 354 g/mol. The quantitative estimate of drug-likeness (QED) is 0.495. The Morgan fingerprint density at radius 3 is 2.24 bits per heavy atom. The summed E-state index contributed by atoms with van der Waals surface area (Å²) < 4.78 is 23.0. The van der Waals surface area contributed by atoms with Crippen LogP contribution < -0.4 is 4.31 Å². The number of Topliss-reactive ketones (excluding diaryl/α,β-unsaturated/α-hetero) is 1. The van der Waals surface area contributed by atoms with Crippen LogP contribution in [0.15, 0.2) is 60.0 Å². The van der Waals surface area contributed by atoms with Crippen LogP contribution in [0.2, 0.25) is 0 Å². The SMILES string of the molecule is CC(=O)c1ccc(-c2cc(N(c3ccc(C)cc3)S(=O)O)cs2)cc1. The number of thiophene rings is 1. The van der Waals surface area contributed by atoms with Gasteiger partial charge in [0.25, 0.3) is 11.3 Å². The highest BCUT2D eigenvalue weighted by atomic mass is 32.2. The Labute approximate surface area is 153 Å². The van der Waals surface area contributed by atoms with Crippen LogP contribution in [0.3, 0.4) is 0 Å². The van der Waals surface area contributed by atoms with Crippen molar-refractivity contribution in [2.75, 3.05) is 4.31 Å². The van der Waals surface area contributed by atoms with E-state index in [1.54, 1.807) is 12.1 Å². The normalized spacial score (nSPS) is 12.0. The molecule has 0 spiro atoms. The maximum atomic E-state index is 11.9. The van der Waals surface area contributed by atoms with E-state index in [0.29, 0.717) is 16.9 Å². The van der Waals surface area contributed by atoms with E-state index in [0.717, 1.165) is 16.0 Å². The molecule has 0 aliphatic heterocycles. The fourth-order valence-electron chi connectivity index (χ4n) is 2.46. The predicted octanol–water partition coefficient (Wildman–Crippen LogP) is 5.20. The number of hydrogen-bond acceptors (Lipinski definition) is 3. The van der Waals surface area contributed by atoms with Crippen molar-refractivity contribution in [2.45, 2.75) is 13.8 Å². The third kappa shape index (κ3) is 3.87. The van der Waals surface area contributed by atoms with Gasteiger partial charge in [0.15, 0.2) is 5.78 Å². The zero-order valence-electron chi connectivity index (χ0n) is 13.8. The summed E-state index contributed by atoms with van der Waals surface area (Å²) in [6, 6.07) is 16.7. The van der Waals surface area contributed by atoms with Gasteiger partial charge >= 0.3 is 0 Å². The molecule has 1 atom stereocenters. The van der Waals surface area contributed by atoms with Gasteiger partial charge in [0, 0.05) is 15.8 Å². The largest absolute Gasteiger partial charge is 0.295 e. The number of hydrogen-bond donors (Lipinski definition) is 1. The van der Waals surface area contributed by atoms with E-state index in [1.165, 1.54) is 22.6 Å². The van der Waals surface area contributed by atoms with Crippen LogP contribution in [0.4, 0.5) is 11.4 Å². The summed E-state index contributed by atoms with van der Waals surface area (Å²) in [5.41, 5.74) is 4.03. The van der Waals surface area contributed by atoms with Crippen LogP contribution in [0, 0.1) is 6.92 Å². The number of benzene rings is 2. The zero-order valence-corrected chi connectivity index (χ0v) is 15.4. The Hall–Kier alpha value is -2.28. The minimum absolute atomic E-state index is 0.0274. The molecule has 128 valence electrons. The topological polar surface area (TPSA) is 57.6 Å². The van der Waals surface area contributed by atoms with Crippen molar-refractivity contribution in [1.82, 2.24) is 0 Å². The summed E-state index contributed by atoms with van der Waals surface area (Å²) >= 11 is -0.681. The van der Waals surface area contributed by atoms with Gasteiger partial charge in [-0.1, -0.05) is 42.0 Å². The molecule has 3 aromatic rings. The van der Waals surface area contributed by atoms with E-state index in [-0.39, 0.29) is 5.78 Å². The van der Waals surface area contributed by atoms with E-state index >= 15 is 0 Å². The standard InChI is InChI=1S/C19H17NO3S2/c1-13-3-9-17(10-4-13)20(25(22)23)18-11-19(24-12-18)16-7-5-15(6-8-16)14(2)21/h3-12H,1-2H3,(H,22,23). The van der Waals surface area contributed by atoms with Crippen LogP contribution in [0.1, 0.15) is 22.8 Å². The number of carbonyl (C=O) groups is 1. The van der Waals surface area contributed by atoms with Crippen molar-refractivity contribution >= 4 is 39.8 Å². The van der Waals surface area contributed by atoms with Gasteiger partial charge in [-0.2, -0.15) is 0 Å². The molecule has 0 saturated carbocycles. The lowest BCUT2D eigenvalue weighted by Crippen LogP contribution is -2.18. The Kier molecular flexibility index (Phi) is 5.13. The molecule has 4 nitrogen and oxygen atoms in total. The molecule has 2 aromatic carbocycles. The second kappa shape index (κ2) is 7.31. The molecule has 1 unspecified atom stereocenters. The summed E-state index contributed by atoms with van der Waals surface area (Å²) in [7, 11) is 0. The van der Waals surface area contributed by atoms with Gasteiger partial charge < -0.3 is 0 Å². The Balaban J connectivity index is 1.94. The molecule has 0 aliphatic carbocycles. The van der Waals surface area contributed by atoms with Crippen LogP contribution in [-0.2, 0) is 11.3 Å². The van der Waals surface area contributed by atoms with Crippen molar-refractivity contribution in [1.29, 1.82) is 0 Å². The maximum absolute atomic E-state index is 11.9. The summed E-state index contributed by atoms with van der Waals surface area (Å²) in [5.74, 6) is 0.0274. The Morgan fingerprint density at radius 2 is 1.68 bits per heavy atom. The molecule has 0 aliphatic rings. The Bertz CT molecular complexity index is 915. The van der Waals surface area contributed by atoms with E-state index in [1.807, 2.05) is 54.8 Å². The lowest BCUT2D eigenvalue weighted by atomic mass is 10.1. The van der Waals surface area contributed by atoms with Crippen molar-refractivity contribution in [3.8, 4) is 10.4 Å². The first-order chi connectivity index (χ1) is 12.0. The number of ketones is 1. The van der Waals surface area contributed by atoms with E-state index in [9.17, 15) is 13.6 Å².